The SMILES string of the molecule is CC(=O)O[C@H]1CC[C@]2(C)C3=C(CC[C@H]2C1(C)C)[C@]1(C)CC[C@H]([C@H](C)CCC2OC2C)[C@@]1(C)CC3. The Balaban J connectivity index is 1.41. The van der Waals surface area contributed by atoms with Gasteiger partial charge < -0.3 is 9.47 Å². The van der Waals surface area contributed by atoms with Crippen LogP contribution in [0.4, 0.5) is 0 Å². The van der Waals surface area contributed by atoms with E-state index in [1.165, 1.54) is 57.8 Å². The molecule has 2 unspecified atom stereocenters. The molecule has 4 aliphatic carbocycles. The molecule has 0 amide bonds. The molecule has 5 aliphatic rings. The zero-order chi connectivity index (χ0) is 24.7. The molecule has 0 radical (unpaired) electrons. The van der Waals surface area contributed by atoms with Crippen molar-refractivity contribution in [1.82, 2.24) is 0 Å². The third-order valence-corrected chi connectivity index (χ3v) is 12.5. The van der Waals surface area contributed by atoms with Gasteiger partial charge in [-0.2, -0.15) is 0 Å². The van der Waals surface area contributed by atoms with Gasteiger partial charge >= 0.3 is 5.97 Å². The number of carbonyl (C=O) groups is 1. The predicted molar refractivity (Wildman–Crippen MR) is 137 cm³/mol. The van der Waals surface area contributed by atoms with Crippen LogP contribution in [-0.4, -0.2) is 24.3 Å². The fraction of sp³-hybridized carbons (Fsp3) is 0.903. The van der Waals surface area contributed by atoms with Crippen molar-refractivity contribution in [1.29, 1.82) is 0 Å². The molecule has 0 aromatic carbocycles. The maximum Gasteiger partial charge on any atom is 0.302 e. The zero-order valence-electron chi connectivity index (χ0n) is 23.3. The van der Waals surface area contributed by atoms with E-state index >= 15 is 0 Å². The molecule has 0 aromatic rings. The second-order valence-corrected chi connectivity index (χ2v) is 14.3. The number of esters is 1. The lowest BCUT2D eigenvalue weighted by Crippen LogP contribution is -2.55. The van der Waals surface area contributed by atoms with Crippen LogP contribution in [0, 0.1) is 39.4 Å². The van der Waals surface area contributed by atoms with Gasteiger partial charge in [0.2, 0.25) is 0 Å². The minimum absolute atomic E-state index is 0.0353. The van der Waals surface area contributed by atoms with E-state index in [1.54, 1.807) is 6.92 Å². The molecule has 1 aliphatic heterocycles. The van der Waals surface area contributed by atoms with E-state index < -0.39 is 0 Å². The number of fused-ring (bicyclic) bond motifs is 4. The van der Waals surface area contributed by atoms with Crippen molar-refractivity contribution >= 4 is 5.97 Å². The summed E-state index contributed by atoms with van der Waals surface area (Å²) in [4.78, 5) is 11.8. The van der Waals surface area contributed by atoms with Gasteiger partial charge in [0, 0.05) is 12.3 Å². The minimum Gasteiger partial charge on any atom is -0.462 e. The number of ether oxygens (including phenoxy) is 2. The topological polar surface area (TPSA) is 38.8 Å². The summed E-state index contributed by atoms with van der Waals surface area (Å²) < 4.78 is 11.6. The summed E-state index contributed by atoms with van der Waals surface area (Å²) in [5.41, 5.74) is 4.76. The highest BCUT2D eigenvalue weighted by Gasteiger charge is 2.63. The minimum atomic E-state index is -0.118. The molecule has 0 spiro atoms. The van der Waals surface area contributed by atoms with Crippen LogP contribution in [0.15, 0.2) is 11.1 Å². The first-order chi connectivity index (χ1) is 15.8. The Morgan fingerprint density at radius 1 is 1.03 bits per heavy atom. The Kier molecular flexibility index (Phi) is 5.91. The van der Waals surface area contributed by atoms with E-state index in [2.05, 4.69) is 48.5 Å². The van der Waals surface area contributed by atoms with Crippen LogP contribution in [0.5, 0.6) is 0 Å². The zero-order valence-corrected chi connectivity index (χ0v) is 23.3. The number of epoxide rings is 1. The lowest BCUT2D eigenvalue weighted by atomic mass is 9.43. The Morgan fingerprint density at radius 3 is 2.38 bits per heavy atom. The second-order valence-electron chi connectivity index (χ2n) is 14.3. The lowest BCUT2D eigenvalue weighted by Gasteiger charge is -2.62. The van der Waals surface area contributed by atoms with Gasteiger partial charge in [-0.25, -0.2) is 0 Å². The van der Waals surface area contributed by atoms with Crippen LogP contribution in [-0.2, 0) is 14.3 Å². The summed E-state index contributed by atoms with van der Waals surface area (Å²) in [5, 5.41) is 0. The van der Waals surface area contributed by atoms with Crippen molar-refractivity contribution in [2.75, 3.05) is 0 Å². The van der Waals surface area contributed by atoms with E-state index in [1.807, 2.05) is 11.1 Å². The molecule has 0 N–H and O–H groups in total. The number of allylic oxidation sites excluding steroid dienone is 2. The Labute approximate surface area is 208 Å². The fourth-order valence-electron chi connectivity index (χ4n) is 10.2. The third-order valence-electron chi connectivity index (χ3n) is 12.5. The molecule has 3 fully saturated rings. The first-order valence-electron chi connectivity index (χ1n) is 14.4. The van der Waals surface area contributed by atoms with Gasteiger partial charge in [-0.15, -0.1) is 0 Å². The molecular weight excluding hydrogens is 420 g/mol. The largest absolute Gasteiger partial charge is 0.462 e. The average Bonchev–Trinajstić information content (AvgIpc) is 3.38. The average molecular weight is 471 g/mol. The third kappa shape index (κ3) is 3.49. The van der Waals surface area contributed by atoms with E-state index in [0.717, 1.165) is 18.3 Å². The second kappa shape index (κ2) is 8.09. The predicted octanol–water partition coefficient (Wildman–Crippen LogP) is 7.87. The van der Waals surface area contributed by atoms with Crippen molar-refractivity contribution in [3.63, 3.8) is 0 Å². The highest BCUT2D eigenvalue weighted by Crippen LogP contribution is 2.72. The summed E-state index contributed by atoms with van der Waals surface area (Å²) in [6.45, 7) is 19.0. The number of hydrogen-bond acceptors (Lipinski definition) is 3. The fourth-order valence-corrected chi connectivity index (χ4v) is 10.2. The summed E-state index contributed by atoms with van der Waals surface area (Å²) in [7, 11) is 0. The summed E-state index contributed by atoms with van der Waals surface area (Å²) in [5.74, 6) is 2.10. The molecule has 2 saturated carbocycles. The van der Waals surface area contributed by atoms with E-state index in [-0.39, 0.29) is 22.9 Å². The lowest BCUT2D eigenvalue weighted by molar-refractivity contribution is -0.167. The van der Waals surface area contributed by atoms with Gasteiger partial charge in [-0.3, -0.25) is 4.79 Å². The monoisotopic (exact) mass is 470 g/mol. The van der Waals surface area contributed by atoms with Crippen molar-refractivity contribution in [3.05, 3.63) is 11.1 Å². The Hall–Kier alpha value is -0.830. The highest BCUT2D eigenvalue weighted by atomic mass is 16.6. The summed E-state index contributed by atoms with van der Waals surface area (Å²) in [6.07, 6.45) is 13.7. The van der Waals surface area contributed by atoms with Gasteiger partial charge in [-0.05, 0) is 105 Å². The smallest absolute Gasteiger partial charge is 0.302 e. The molecule has 9 atom stereocenters. The molecule has 3 heteroatoms. The van der Waals surface area contributed by atoms with Gasteiger partial charge in [0.25, 0.3) is 0 Å². The van der Waals surface area contributed by atoms with E-state index in [0.29, 0.717) is 29.0 Å². The maximum absolute atomic E-state index is 11.8. The molecule has 0 aromatic heterocycles. The van der Waals surface area contributed by atoms with Gasteiger partial charge in [0.15, 0.2) is 0 Å². The molecule has 5 rings (SSSR count). The maximum atomic E-state index is 11.8. The van der Waals surface area contributed by atoms with Crippen LogP contribution >= 0.6 is 0 Å². The first-order valence-corrected chi connectivity index (χ1v) is 14.4. The van der Waals surface area contributed by atoms with E-state index in [9.17, 15) is 4.79 Å². The normalized spacial score (nSPS) is 47.9. The highest BCUT2D eigenvalue weighted by molar-refractivity contribution is 5.66. The molecule has 192 valence electrons. The summed E-state index contributed by atoms with van der Waals surface area (Å²) in [6, 6.07) is 0. The van der Waals surface area contributed by atoms with Crippen molar-refractivity contribution in [3.8, 4) is 0 Å². The van der Waals surface area contributed by atoms with Gasteiger partial charge in [0.1, 0.15) is 6.10 Å². The van der Waals surface area contributed by atoms with Gasteiger partial charge in [0.05, 0.1) is 12.2 Å². The van der Waals surface area contributed by atoms with E-state index in [4.69, 9.17) is 9.47 Å². The van der Waals surface area contributed by atoms with Crippen LogP contribution < -0.4 is 0 Å². The van der Waals surface area contributed by atoms with Crippen LogP contribution in [0.3, 0.4) is 0 Å². The molecule has 3 nitrogen and oxygen atoms in total. The molecule has 1 saturated heterocycles. The first kappa shape index (κ1) is 24.8. The Morgan fingerprint density at radius 2 is 1.74 bits per heavy atom. The Bertz CT molecular complexity index is 872. The van der Waals surface area contributed by atoms with Crippen LogP contribution in [0.25, 0.3) is 0 Å². The van der Waals surface area contributed by atoms with Crippen LogP contribution in [0.1, 0.15) is 120 Å². The van der Waals surface area contributed by atoms with Gasteiger partial charge in [-0.1, -0.05) is 52.7 Å². The number of carbonyl (C=O) groups excluding carboxylic acids is 1. The van der Waals surface area contributed by atoms with Crippen molar-refractivity contribution < 1.29 is 14.3 Å². The van der Waals surface area contributed by atoms with Crippen molar-refractivity contribution in [2.45, 2.75) is 138 Å². The molecule has 34 heavy (non-hydrogen) atoms. The quantitative estimate of drug-likeness (QED) is 0.233. The molecule has 1 heterocycles. The standard InChI is InChI=1S/C31H50O3/c1-19(9-11-25-20(2)33-25)22-13-17-31(8)24-10-12-26-28(4,5)27(34-21(3)32)15-16-29(26,6)23(24)14-18-30(22,31)7/h19-20,22,25-27H,9-18H2,1-8H3/t19-,20?,22-,25?,26+,27+,29-,30-,31+/m1/s1. The van der Waals surface area contributed by atoms with Crippen molar-refractivity contribution in [2.24, 2.45) is 39.4 Å². The van der Waals surface area contributed by atoms with Crippen LogP contribution in [0.2, 0.25) is 0 Å². The summed E-state index contributed by atoms with van der Waals surface area (Å²) >= 11 is 0. The number of hydrogen-bond donors (Lipinski definition) is 0. The number of rotatable bonds is 5. The molecule has 0 bridgehead atoms. The molecular formula is C31H50O3.